The Bertz CT molecular complexity index is 196. The molecule has 4 nitrogen and oxygen atoms in total. The van der Waals surface area contributed by atoms with Gasteiger partial charge in [-0.3, -0.25) is 0 Å². The van der Waals surface area contributed by atoms with E-state index in [9.17, 15) is 4.79 Å². The van der Waals surface area contributed by atoms with Crippen LogP contribution in [-0.4, -0.2) is 18.7 Å². The second kappa shape index (κ2) is 6.30. The molecular weight excluding hydrogens is 168 g/mol. The van der Waals surface area contributed by atoms with Gasteiger partial charge in [0, 0.05) is 0 Å². The summed E-state index contributed by atoms with van der Waals surface area (Å²) < 4.78 is 4.84. The normalized spacial score (nSPS) is 11.9. The van der Waals surface area contributed by atoms with Crippen LogP contribution in [0.15, 0.2) is 0 Å². The van der Waals surface area contributed by atoms with Gasteiger partial charge in [0.05, 0.1) is 12.7 Å². The molecule has 0 aromatic heterocycles. The number of ether oxygens (including phenoxy) is 1. The minimum absolute atomic E-state index is 0.313. The average Bonchev–Trinajstić information content (AvgIpc) is 2.10. The molecule has 1 atom stereocenters. The number of nitriles is 1. The van der Waals surface area contributed by atoms with Crippen molar-refractivity contribution in [1.82, 2.24) is 5.32 Å². The van der Waals surface area contributed by atoms with Crippen molar-refractivity contribution < 1.29 is 9.53 Å². The first-order valence-corrected chi connectivity index (χ1v) is 4.43. The lowest BCUT2D eigenvalue weighted by Gasteiger charge is -2.10. The molecule has 0 aromatic rings. The fraction of sp³-hybridized carbons (Fsp3) is 0.778. The number of amides is 1. The van der Waals surface area contributed by atoms with Crippen molar-refractivity contribution in [3.63, 3.8) is 0 Å². The molecule has 0 saturated heterocycles. The lowest BCUT2D eigenvalue weighted by molar-refractivity contribution is 0.131. The van der Waals surface area contributed by atoms with Gasteiger partial charge in [-0.05, 0) is 12.3 Å². The van der Waals surface area contributed by atoms with Crippen LogP contribution in [0.3, 0.4) is 0 Å². The number of nitrogens with zero attached hydrogens (tertiary/aromatic N) is 1. The van der Waals surface area contributed by atoms with E-state index in [1.54, 1.807) is 0 Å². The summed E-state index contributed by atoms with van der Waals surface area (Å²) >= 11 is 0. The Balaban J connectivity index is 3.68. The van der Waals surface area contributed by atoms with E-state index in [0.717, 1.165) is 0 Å². The van der Waals surface area contributed by atoms with Crippen LogP contribution in [0, 0.1) is 17.2 Å². The molecule has 1 N–H and O–H groups in total. The Morgan fingerprint density at radius 3 is 2.62 bits per heavy atom. The van der Waals surface area contributed by atoms with E-state index < -0.39 is 12.1 Å². The van der Waals surface area contributed by atoms with Gasteiger partial charge in [-0.25, -0.2) is 4.79 Å². The quantitative estimate of drug-likeness (QED) is 0.722. The number of hydrogen-bond acceptors (Lipinski definition) is 3. The smallest absolute Gasteiger partial charge is 0.408 e. The molecule has 0 aliphatic heterocycles. The van der Waals surface area contributed by atoms with Crippen molar-refractivity contribution in [2.24, 2.45) is 5.92 Å². The highest BCUT2D eigenvalue weighted by Gasteiger charge is 2.09. The van der Waals surface area contributed by atoms with Crippen molar-refractivity contribution in [2.75, 3.05) is 6.61 Å². The van der Waals surface area contributed by atoms with E-state index in [1.165, 1.54) is 0 Å². The van der Waals surface area contributed by atoms with Crippen LogP contribution >= 0.6 is 0 Å². The molecule has 0 aliphatic rings. The molecule has 0 heterocycles. The predicted molar refractivity (Wildman–Crippen MR) is 49.0 cm³/mol. The van der Waals surface area contributed by atoms with E-state index >= 15 is 0 Å². The third-order valence-corrected chi connectivity index (χ3v) is 1.40. The standard InChI is InChI=1S/C9H16N2O2/c1-4-8(5-10)11-9(12)13-6-7(2)3/h7-8H,4,6H2,1-3H3,(H,11,12). The van der Waals surface area contributed by atoms with Gasteiger partial charge in [0.15, 0.2) is 0 Å². The van der Waals surface area contributed by atoms with Gasteiger partial charge >= 0.3 is 6.09 Å². The third-order valence-electron chi connectivity index (χ3n) is 1.40. The monoisotopic (exact) mass is 184 g/mol. The van der Waals surface area contributed by atoms with Crippen LogP contribution in [0.25, 0.3) is 0 Å². The molecule has 0 fully saturated rings. The SMILES string of the molecule is CCC(C#N)NC(=O)OCC(C)C. The highest BCUT2D eigenvalue weighted by Crippen LogP contribution is 1.94. The van der Waals surface area contributed by atoms with Crippen LogP contribution in [0.4, 0.5) is 4.79 Å². The Morgan fingerprint density at radius 1 is 1.62 bits per heavy atom. The van der Waals surface area contributed by atoms with E-state index in [0.29, 0.717) is 18.9 Å². The fourth-order valence-electron chi connectivity index (χ4n) is 0.652. The lowest BCUT2D eigenvalue weighted by Crippen LogP contribution is -2.34. The molecule has 0 saturated carbocycles. The molecule has 74 valence electrons. The number of hydrogen-bond donors (Lipinski definition) is 1. The average molecular weight is 184 g/mol. The second-order valence-electron chi connectivity index (χ2n) is 3.23. The summed E-state index contributed by atoms with van der Waals surface area (Å²) in [7, 11) is 0. The fourth-order valence-corrected chi connectivity index (χ4v) is 0.652. The van der Waals surface area contributed by atoms with Crippen LogP contribution in [-0.2, 0) is 4.74 Å². The Morgan fingerprint density at radius 2 is 2.23 bits per heavy atom. The zero-order valence-corrected chi connectivity index (χ0v) is 8.33. The molecule has 0 aliphatic carbocycles. The molecule has 0 radical (unpaired) electrons. The van der Waals surface area contributed by atoms with Gasteiger partial charge in [-0.15, -0.1) is 0 Å². The zero-order valence-electron chi connectivity index (χ0n) is 8.33. The maximum absolute atomic E-state index is 11.0. The minimum atomic E-state index is -0.512. The maximum Gasteiger partial charge on any atom is 0.408 e. The van der Waals surface area contributed by atoms with Crippen LogP contribution in [0.5, 0.6) is 0 Å². The largest absolute Gasteiger partial charge is 0.449 e. The van der Waals surface area contributed by atoms with Crippen molar-refractivity contribution in [1.29, 1.82) is 5.26 Å². The number of rotatable bonds is 4. The lowest BCUT2D eigenvalue weighted by atomic mass is 10.2. The third kappa shape index (κ3) is 5.97. The topological polar surface area (TPSA) is 62.1 Å². The summed E-state index contributed by atoms with van der Waals surface area (Å²) in [6.45, 7) is 6.12. The Kier molecular flexibility index (Phi) is 5.69. The molecule has 4 heteroatoms. The first-order valence-electron chi connectivity index (χ1n) is 4.43. The number of nitrogens with one attached hydrogen (secondary N) is 1. The number of carbonyl (C=O) groups excluding carboxylic acids is 1. The van der Waals surface area contributed by atoms with Crippen molar-refractivity contribution in [3.05, 3.63) is 0 Å². The van der Waals surface area contributed by atoms with Crippen LogP contribution < -0.4 is 5.32 Å². The van der Waals surface area contributed by atoms with E-state index in [-0.39, 0.29) is 0 Å². The molecule has 13 heavy (non-hydrogen) atoms. The molecule has 1 amide bonds. The summed E-state index contributed by atoms with van der Waals surface area (Å²) in [6, 6.07) is 1.51. The summed E-state index contributed by atoms with van der Waals surface area (Å²) in [5.74, 6) is 0.313. The molecule has 0 rings (SSSR count). The van der Waals surface area contributed by atoms with Crippen molar-refractivity contribution in [2.45, 2.75) is 33.2 Å². The molecule has 1 unspecified atom stereocenters. The van der Waals surface area contributed by atoms with Crippen LogP contribution in [0.1, 0.15) is 27.2 Å². The number of carbonyl (C=O) groups is 1. The first-order chi connectivity index (χ1) is 6.10. The van der Waals surface area contributed by atoms with Crippen molar-refractivity contribution in [3.8, 4) is 6.07 Å². The van der Waals surface area contributed by atoms with Crippen LogP contribution in [0.2, 0.25) is 0 Å². The van der Waals surface area contributed by atoms with E-state index in [4.69, 9.17) is 10.00 Å². The predicted octanol–water partition coefficient (Wildman–Crippen LogP) is 1.67. The Labute approximate surface area is 78.9 Å². The number of alkyl carbamates (subject to hydrolysis) is 1. The highest BCUT2D eigenvalue weighted by atomic mass is 16.5. The van der Waals surface area contributed by atoms with E-state index in [1.807, 2.05) is 26.8 Å². The van der Waals surface area contributed by atoms with E-state index in [2.05, 4.69) is 5.32 Å². The Hall–Kier alpha value is -1.24. The zero-order chi connectivity index (χ0) is 10.3. The van der Waals surface area contributed by atoms with Gasteiger partial charge in [0.25, 0.3) is 0 Å². The highest BCUT2D eigenvalue weighted by molar-refractivity contribution is 5.67. The molecule has 0 bridgehead atoms. The van der Waals surface area contributed by atoms with Crippen molar-refractivity contribution >= 4 is 6.09 Å². The first kappa shape index (κ1) is 11.8. The molecule has 0 spiro atoms. The summed E-state index contributed by atoms with van der Waals surface area (Å²) in [5.41, 5.74) is 0. The van der Waals surface area contributed by atoms with Gasteiger partial charge in [-0.2, -0.15) is 5.26 Å². The molecular formula is C9H16N2O2. The summed E-state index contributed by atoms with van der Waals surface area (Å²) in [5, 5.41) is 11.0. The van der Waals surface area contributed by atoms with Gasteiger partial charge < -0.3 is 10.1 Å². The summed E-state index contributed by atoms with van der Waals surface area (Å²) in [4.78, 5) is 11.0. The molecule has 0 aromatic carbocycles. The van der Waals surface area contributed by atoms with Gasteiger partial charge in [0.2, 0.25) is 0 Å². The van der Waals surface area contributed by atoms with Gasteiger partial charge in [0.1, 0.15) is 6.04 Å². The minimum Gasteiger partial charge on any atom is -0.449 e. The summed E-state index contributed by atoms with van der Waals surface area (Å²) in [6.07, 6.45) is 0.0786. The second-order valence-corrected chi connectivity index (χ2v) is 3.23. The maximum atomic E-state index is 11.0. The van der Waals surface area contributed by atoms with Gasteiger partial charge in [-0.1, -0.05) is 20.8 Å².